The lowest BCUT2D eigenvalue weighted by Gasteiger charge is -2.16. The van der Waals surface area contributed by atoms with Crippen LogP contribution in [0.2, 0.25) is 0 Å². The zero-order valence-electron chi connectivity index (χ0n) is 12.6. The summed E-state index contributed by atoms with van der Waals surface area (Å²) >= 11 is 0. The zero-order valence-corrected chi connectivity index (χ0v) is 12.6. The second-order valence-corrected chi connectivity index (χ2v) is 5.71. The SMILES string of the molecule is CN(C)c1cccc(C(=NC2CCCCCC2)NN)c1. The monoisotopic (exact) mass is 274 g/mol. The molecule has 1 aliphatic rings. The molecule has 1 saturated carbocycles. The van der Waals surface area contributed by atoms with E-state index in [1.165, 1.54) is 38.5 Å². The molecule has 110 valence electrons. The van der Waals surface area contributed by atoms with Crippen LogP contribution in [-0.4, -0.2) is 26.0 Å². The predicted octanol–water partition coefficient (Wildman–Crippen LogP) is 2.69. The number of benzene rings is 1. The highest BCUT2D eigenvalue weighted by molar-refractivity contribution is 5.99. The third-order valence-corrected chi connectivity index (χ3v) is 3.91. The highest BCUT2D eigenvalue weighted by Crippen LogP contribution is 2.21. The van der Waals surface area contributed by atoms with Crippen LogP contribution in [0.1, 0.15) is 44.1 Å². The van der Waals surface area contributed by atoms with Crippen molar-refractivity contribution in [2.75, 3.05) is 19.0 Å². The summed E-state index contributed by atoms with van der Waals surface area (Å²) in [7, 11) is 4.08. The van der Waals surface area contributed by atoms with Crippen molar-refractivity contribution in [2.24, 2.45) is 10.8 Å². The molecule has 0 bridgehead atoms. The average Bonchev–Trinajstić information content (AvgIpc) is 2.73. The number of rotatable bonds is 3. The van der Waals surface area contributed by atoms with Crippen LogP contribution in [0.3, 0.4) is 0 Å². The molecule has 20 heavy (non-hydrogen) atoms. The quantitative estimate of drug-likeness (QED) is 0.293. The Morgan fingerprint density at radius 2 is 1.90 bits per heavy atom. The Balaban J connectivity index is 2.19. The Bertz CT molecular complexity index is 446. The van der Waals surface area contributed by atoms with E-state index in [-0.39, 0.29) is 0 Å². The van der Waals surface area contributed by atoms with Gasteiger partial charge in [-0.1, -0.05) is 37.8 Å². The van der Waals surface area contributed by atoms with Crippen molar-refractivity contribution in [3.8, 4) is 0 Å². The molecule has 0 spiro atoms. The molecule has 1 aromatic carbocycles. The maximum atomic E-state index is 5.69. The van der Waals surface area contributed by atoms with Crippen molar-refractivity contribution >= 4 is 11.5 Å². The van der Waals surface area contributed by atoms with Crippen molar-refractivity contribution in [3.05, 3.63) is 29.8 Å². The largest absolute Gasteiger partial charge is 0.378 e. The normalized spacial score (nSPS) is 17.6. The zero-order chi connectivity index (χ0) is 14.4. The Morgan fingerprint density at radius 1 is 1.20 bits per heavy atom. The van der Waals surface area contributed by atoms with E-state index >= 15 is 0 Å². The molecular weight excluding hydrogens is 248 g/mol. The van der Waals surface area contributed by atoms with Gasteiger partial charge in [0.15, 0.2) is 0 Å². The van der Waals surface area contributed by atoms with E-state index in [1.54, 1.807) is 0 Å². The first-order chi connectivity index (χ1) is 9.70. The van der Waals surface area contributed by atoms with E-state index in [9.17, 15) is 0 Å². The van der Waals surface area contributed by atoms with Crippen molar-refractivity contribution in [1.29, 1.82) is 0 Å². The van der Waals surface area contributed by atoms with Crippen LogP contribution >= 0.6 is 0 Å². The topological polar surface area (TPSA) is 53.6 Å². The summed E-state index contributed by atoms with van der Waals surface area (Å²) in [5, 5.41) is 0. The number of hydrazine groups is 1. The molecule has 0 radical (unpaired) electrons. The molecule has 0 saturated heterocycles. The van der Waals surface area contributed by atoms with Gasteiger partial charge in [-0.15, -0.1) is 0 Å². The lowest BCUT2D eigenvalue weighted by Crippen LogP contribution is -2.32. The van der Waals surface area contributed by atoms with Crippen molar-refractivity contribution in [3.63, 3.8) is 0 Å². The van der Waals surface area contributed by atoms with E-state index in [1.807, 2.05) is 20.2 Å². The van der Waals surface area contributed by atoms with E-state index in [4.69, 9.17) is 10.8 Å². The van der Waals surface area contributed by atoms with Crippen molar-refractivity contribution in [2.45, 2.75) is 44.6 Å². The second kappa shape index (κ2) is 7.29. The molecule has 0 unspecified atom stereocenters. The second-order valence-electron chi connectivity index (χ2n) is 5.71. The maximum absolute atomic E-state index is 5.69. The van der Waals surface area contributed by atoms with Crippen molar-refractivity contribution < 1.29 is 0 Å². The van der Waals surface area contributed by atoms with Crippen LogP contribution in [0.5, 0.6) is 0 Å². The average molecular weight is 274 g/mol. The number of nitrogens with two attached hydrogens (primary N) is 1. The van der Waals surface area contributed by atoms with Crippen LogP contribution in [0.4, 0.5) is 5.69 Å². The Labute approximate surface area is 122 Å². The van der Waals surface area contributed by atoms with Crippen molar-refractivity contribution in [1.82, 2.24) is 5.43 Å². The minimum absolute atomic E-state index is 0.409. The number of amidine groups is 1. The fourth-order valence-corrected chi connectivity index (χ4v) is 2.70. The number of hydrogen-bond acceptors (Lipinski definition) is 3. The van der Waals surface area contributed by atoms with Crippen LogP contribution in [0.15, 0.2) is 29.3 Å². The summed E-state index contributed by atoms with van der Waals surface area (Å²) < 4.78 is 0. The van der Waals surface area contributed by atoms with Crippen LogP contribution in [0, 0.1) is 0 Å². The fraction of sp³-hybridized carbons (Fsp3) is 0.562. The molecule has 1 aromatic rings. The summed E-state index contributed by atoms with van der Waals surface area (Å²) in [5.74, 6) is 6.50. The first kappa shape index (κ1) is 14.9. The highest BCUT2D eigenvalue weighted by atomic mass is 15.3. The van der Waals surface area contributed by atoms with Gasteiger partial charge in [-0.05, 0) is 25.0 Å². The molecule has 0 amide bonds. The Kier molecular flexibility index (Phi) is 5.41. The van der Waals surface area contributed by atoms with Gasteiger partial charge in [0.1, 0.15) is 5.84 Å². The highest BCUT2D eigenvalue weighted by Gasteiger charge is 2.13. The smallest absolute Gasteiger partial charge is 0.142 e. The molecule has 0 aromatic heterocycles. The lowest BCUT2D eigenvalue weighted by molar-refractivity contribution is 0.583. The third kappa shape index (κ3) is 3.97. The number of nitrogens with zero attached hydrogens (tertiary/aromatic N) is 2. The summed E-state index contributed by atoms with van der Waals surface area (Å²) in [6.07, 6.45) is 7.60. The number of nitrogens with one attached hydrogen (secondary N) is 1. The number of aliphatic imine (C=N–C) groups is 1. The minimum Gasteiger partial charge on any atom is -0.378 e. The summed E-state index contributed by atoms with van der Waals surface area (Å²) in [6, 6.07) is 8.72. The van der Waals surface area contributed by atoms with Gasteiger partial charge in [0.05, 0.1) is 6.04 Å². The van der Waals surface area contributed by atoms with Crippen LogP contribution in [0.25, 0.3) is 0 Å². The molecule has 4 heteroatoms. The third-order valence-electron chi connectivity index (χ3n) is 3.91. The number of hydrogen-bond donors (Lipinski definition) is 2. The van der Waals surface area contributed by atoms with Crippen LogP contribution < -0.4 is 16.2 Å². The first-order valence-corrected chi connectivity index (χ1v) is 7.53. The van der Waals surface area contributed by atoms with Gasteiger partial charge in [0, 0.05) is 25.3 Å². The first-order valence-electron chi connectivity index (χ1n) is 7.53. The fourth-order valence-electron chi connectivity index (χ4n) is 2.70. The molecule has 1 fully saturated rings. The summed E-state index contributed by atoms with van der Waals surface area (Å²) in [5.41, 5.74) is 5.00. The molecule has 1 aliphatic carbocycles. The van der Waals surface area contributed by atoms with E-state index in [2.05, 4.69) is 28.5 Å². The molecule has 3 N–H and O–H groups in total. The number of anilines is 1. The molecular formula is C16H26N4. The lowest BCUT2D eigenvalue weighted by atomic mass is 10.1. The van der Waals surface area contributed by atoms with Gasteiger partial charge in [-0.2, -0.15) is 0 Å². The van der Waals surface area contributed by atoms with E-state index < -0.39 is 0 Å². The van der Waals surface area contributed by atoms with Gasteiger partial charge in [-0.3, -0.25) is 4.99 Å². The van der Waals surface area contributed by atoms with E-state index in [0.29, 0.717) is 6.04 Å². The molecule has 0 atom stereocenters. The Morgan fingerprint density at radius 3 is 2.50 bits per heavy atom. The van der Waals surface area contributed by atoms with Gasteiger partial charge >= 0.3 is 0 Å². The minimum atomic E-state index is 0.409. The standard InChI is InChI=1S/C16H26N4/c1-20(2)15-11-7-8-13(12-15)16(19-17)18-14-9-5-3-4-6-10-14/h7-8,11-12,14H,3-6,9-10,17H2,1-2H3,(H,18,19). The molecule has 0 aliphatic heterocycles. The Hall–Kier alpha value is -1.55. The van der Waals surface area contributed by atoms with Gasteiger partial charge < -0.3 is 10.3 Å². The predicted molar refractivity (Wildman–Crippen MR) is 86.1 cm³/mol. The summed E-state index contributed by atoms with van der Waals surface area (Å²) in [6.45, 7) is 0. The van der Waals surface area contributed by atoms with Gasteiger partial charge in [0.25, 0.3) is 0 Å². The summed E-state index contributed by atoms with van der Waals surface area (Å²) in [4.78, 5) is 6.93. The van der Waals surface area contributed by atoms with E-state index in [0.717, 1.165) is 17.1 Å². The molecule has 4 nitrogen and oxygen atoms in total. The van der Waals surface area contributed by atoms with Gasteiger partial charge in [0.2, 0.25) is 0 Å². The maximum Gasteiger partial charge on any atom is 0.142 e. The molecule has 2 rings (SSSR count). The molecule has 0 heterocycles. The van der Waals surface area contributed by atoms with Crippen LogP contribution in [-0.2, 0) is 0 Å². The van der Waals surface area contributed by atoms with Gasteiger partial charge in [-0.25, -0.2) is 5.84 Å².